The minimum absolute atomic E-state index is 0.0863. The lowest BCUT2D eigenvalue weighted by Gasteiger charge is -2.10. The summed E-state index contributed by atoms with van der Waals surface area (Å²) < 4.78 is 52.7. The fraction of sp³-hybridized carbons (Fsp3) is 0.231. The second-order valence-electron chi connectivity index (χ2n) is 4.71. The largest absolute Gasteiger partial charge is 0.330 e. The van der Waals surface area contributed by atoms with Gasteiger partial charge in [-0.05, 0) is 12.1 Å². The van der Waals surface area contributed by atoms with Crippen molar-refractivity contribution in [3.05, 3.63) is 62.4 Å². The number of halogens is 2. The molecule has 2 aromatic rings. The Morgan fingerprint density at radius 2 is 1.68 bits per heavy atom. The van der Waals surface area contributed by atoms with E-state index in [0.29, 0.717) is 6.07 Å². The van der Waals surface area contributed by atoms with Gasteiger partial charge in [-0.3, -0.25) is 13.9 Å². The molecular weight excluding hydrogens is 318 g/mol. The van der Waals surface area contributed by atoms with E-state index in [1.54, 1.807) is 0 Å². The Balaban J connectivity index is 2.55. The highest BCUT2D eigenvalue weighted by Crippen LogP contribution is 2.19. The summed E-state index contributed by atoms with van der Waals surface area (Å²) in [5.41, 5.74) is -1.46. The summed E-state index contributed by atoms with van der Waals surface area (Å²) in [4.78, 5) is 22.6. The molecule has 0 atom stereocenters. The van der Waals surface area contributed by atoms with Crippen molar-refractivity contribution >= 4 is 9.84 Å². The summed E-state index contributed by atoms with van der Waals surface area (Å²) >= 11 is 0. The number of rotatable bonds is 3. The van der Waals surface area contributed by atoms with Crippen LogP contribution in [0.2, 0.25) is 0 Å². The van der Waals surface area contributed by atoms with Crippen LogP contribution in [-0.4, -0.2) is 17.6 Å². The van der Waals surface area contributed by atoms with Gasteiger partial charge in [0.1, 0.15) is 16.5 Å². The summed E-state index contributed by atoms with van der Waals surface area (Å²) in [5.74, 6) is -2.89. The zero-order valence-corrected chi connectivity index (χ0v) is 12.5. The Bertz CT molecular complexity index is 961. The lowest BCUT2D eigenvalue weighted by molar-refractivity contribution is 0.547. The predicted octanol–water partition coefficient (Wildman–Crippen LogP) is 0.336. The molecule has 0 saturated carbocycles. The van der Waals surface area contributed by atoms with E-state index < -0.39 is 43.4 Å². The van der Waals surface area contributed by atoms with Crippen LogP contribution in [0.3, 0.4) is 0 Å². The Morgan fingerprint density at radius 3 is 2.27 bits per heavy atom. The van der Waals surface area contributed by atoms with Gasteiger partial charge >= 0.3 is 5.69 Å². The van der Waals surface area contributed by atoms with Crippen molar-refractivity contribution in [1.82, 2.24) is 9.13 Å². The van der Waals surface area contributed by atoms with Crippen molar-refractivity contribution in [2.24, 2.45) is 14.1 Å². The van der Waals surface area contributed by atoms with Gasteiger partial charge in [0.25, 0.3) is 5.56 Å². The van der Waals surface area contributed by atoms with E-state index in [-0.39, 0.29) is 5.69 Å². The van der Waals surface area contributed by atoms with Gasteiger partial charge in [-0.1, -0.05) is 0 Å². The van der Waals surface area contributed by atoms with Crippen molar-refractivity contribution in [3.63, 3.8) is 0 Å². The first-order valence-corrected chi connectivity index (χ1v) is 7.72. The van der Waals surface area contributed by atoms with E-state index in [1.165, 1.54) is 14.1 Å². The third kappa shape index (κ3) is 2.84. The number of benzene rings is 1. The Kier molecular flexibility index (Phi) is 4.01. The Labute approximate surface area is 124 Å². The maximum Gasteiger partial charge on any atom is 0.330 e. The van der Waals surface area contributed by atoms with Crippen molar-refractivity contribution < 1.29 is 17.2 Å². The molecule has 0 spiro atoms. The molecule has 6 nitrogen and oxygen atoms in total. The van der Waals surface area contributed by atoms with Crippen molar-refractivity contribution in [3.8, 4) is 0 Å². The number of nitrogens with zero attached hydrogens (tertiary/aromatic N) is 2. The molecule has 0 aliphatic rings. The number of aromatic nitrogens is 2. The molecule has 0 saturated heterocycles. The molecule has 0 radical (unpaired) electrons. The van der Waals surface area contributed by atoms with E-state index in [9.17, 15) is 26.8 Å². The van der Waals surface area contributed by atoms with Crippen LogP contribution >= 0.6 is 0 Å². The minimum Gasteiger partial charge on any atom is -0.300 e. The highest BCUT2D eigenvalue weighted by Gasteiger charge is 2.22. The minimum atomic E-state index is -4.18. The van der Waals surface area contributed by atoms with Gasteiger partial charge in [0.15, 0.2) is 9.84 Å². The zero-order valence-electron chi connectivity index (χ0n) is 11.7. The molecule has 0 N–H and O–H groups in total. The molecule has 1 aromatic carbocycles. The van der Waals surface area contributed by atoms with Crippen LogP contribution in [0.25, 0.3) is 0 Å². The summed E-state index contributed by atoms with van der Waals surface area (Å²) in [5, 5.41) is 0. The highest BCUT2D eigenvalue weighted by atomic mass is 32.2. The SMILES string of the molecule is Cn1c(CS(=O)(=O)c2ccc(F)cc2F)cc(=O)n(C)c1=O. The number of hydrogen-bond donors (Lipinski definition) is 0. The molecule has 1 heterocycles. The fourth-order valence-corrected chi connectivity index (χ4v) is 3.37. The molecule has 0 bridgehead atoms. The average molecular weight is 330 g/mol. The second kappa shape index (κ2) is 5.48. The molecule has 22 heavy (non-hydrogen) atoms. The molecule has 1 aromatic heterocycles. The first-order valence-electron chi connectivity index (χ1n) is 6.07. The summed E-state index contributed by atoms with van der Waals surface area (Å²) in [6.45, 7) is 0. The van der Waals surface area contributed by atoms with Crippen molar-refractivity contribution in [2.45, 2.75) is 10.6 Å². The van der Waals surface area contributed by atoms with E-state index in [0.717, 1.165) is 27.3 Å². The Hall–Kier alpha value is -2.29. The molecule has 2 rings (SSSR count). The average Bonchev–Trinajstić information content (AvgIpc) is 2.41. The van der Waals surface area contributed by atoms with Crippen LogP contribution in [0, 0.1) is 11.6 Å². The van der Waals surface area contributed by atoms with E-state index in [2.05, 4.69) is 0 Å². The first-order chi connectivity index (χ1) is 10.1. The van der Waals surface area contributed by atoms with Crippen LogP contribution < -0.4 is 11.2 Å². The van der Waals surface area contributed by atoms with Crippen LogP contribution in [0.1, 0.15) is 5.69 Å². The van der Waals surface area contributed by atoms with E-state index >= 15 is 0 Å². The predicted molar refractivity (Wildman–Crippen MR) is 74.2 cm³/mol. The van der Waals surface area contributed by atoms with Gasteiger partial charge < -0.3 is 0 Å². The van der Waals surface area contributed by atoms with Gasteiger partial charge in [-0.2, -0.15) is 0 Å². The topological polar surface area (TPSA) is 78.1 Å². The standard InChI is InChI=1S/C13H12F2N2O4S/c1-16-9(6-12(18)17(2)13(16)19)7-22(20,21)11-4-3-8(14)5-10(11)15/h3-6H,7H2,1-2H3. The molecule has 118 valence electrons. The second-order valence-corrected chi connectivity index (χ2v) is 6.67. The van der Waals surface area contributed by atoms with Crippen LogP contribution in [-0.2, 0) is 29.7 Å². The summed E-state index contributed by atoms with van der Waals surface area (Å²) in [6.07, 6.45) is 0. The Morgan fingerprint density at radius 1 is 1.05 bits per heavy atom. The maximum atomic E-state index is 13.6. The quantitative estimate of drug-likeness (QED) is 0.760. The molecule has 0 fully saturated rings. The monoisotopic (exact) mass is 330 g/mol. The maximum absolute atomic E-state index is 13.6. The lowest BCUT2D eigenvalue weighted by atomic mass is 10.3. The highest BCUT2D eigenvalue weighted by molar-refractivity contribution is 7.90. The van der Waals surface area contributed by atoms with E-state index in [1.807, 2.05) is 0 Å². The zero-order chi connectivity index (χ0) is 16.7. The van der Waals surface area contributed by atoms with E-state index in [4.69, 9.17) is 0 Å². The lowest BCUT2D eigenvalue weighted by Crippen LogP contribution is -2.38. The molecular formula is C13H12F2N2O4S. The van der Waals surface area contributed by atoms with Gasteiger partial charge in [-0.25, -0.2) is 22.0 Å². The van der Waals surface area contributed by atoms with Gasteiger partial charge in [0, 0.05) is 31.9 Å². The molecule has 0 unspecified atom stereocenters. The van der Waals surface area contributed by atoms with Gasteiger partial charge in [-0.15, -0.1) is 0 Å². The fourth-order valence-electron chi connectivity index (χ4n) is 1.92. The third-order valence-electron chi connectivity index (χ3n) is 3.19. The normalized spacial score (nSPS) is 11.6. The van der Waals surface area contributed by atoms with Crippen LogP contribution in [0.15, 0.2) is 38.8 Å². The smallest absolute Gasteiger partial charge is 0.300 e. The molecule has 0 aliphatic heterocycles. The van der Waals surface area contributed by atoms with Gasteiger partial charge in [0.2, 0.25) is 0 Å². The summed E-state index contributed by atoms with van der Waals surface area (Å²) in [7, 11) is -1.63. The number of hydrogen-bond acceptors (Lipinski definition) is 4. The van der Waals surface area contributed by atoms with Crippen LogP contribution in [0.4, 0.5) is 8.78 Å². The van der Waals surface area contributed by atoms with Crippen LogP contribution in [0.5, 0.6) is 0 Å². The molecule has 0 amide bonds. The van der Waals surface area contributed by atoms with Crippen molar-refractivity contribution in [1.29, 1.82) is 0 Å². The molecule has 0 aliphatic carbocycles. The number of sulfone groups is 1. The first kappa shape index (κ1) is 16.1. The summed E-state index contributed by atoms with van der Waals surface area (Å²) in [6, 6.07) is 3.06. The molecule has 9 heteroatoms. The van der Waals surface area contributed by atoms with Gasteiger partial charge in [0.05, 0.1) is 5.75 Å². The van der Waals surface area contributed by atoms with Crippen molar-refractivity contribution in [2.75, 3.05) is 0 Å². The third-order valence-corrected chi connectivity index (χ3v) is 4.87.